The van der Waals surface area contributed by atoms with Crippen molar-refractivity contribution < 1.29 is 4.74 Å². The highest BCUT2D eigenvalue weighted by Crippen LogP contribution is 2.24. The molecule has 3 rings (SSSR count). The summed E-state index contributed by atoms with van der Waals surface area (Å²) in [5.41, 5.74) is 3.30. The summed E-state index contributed by atoms with van der Waals surface area (Å²) < 4.78 is 5.42. The first-order valence-electron chi connectivity index (χ1n) is 8.53. The fourth-order valence-electron chi connectivity index (χ4n) is 2.75. The molecule has 0 amide bonds. The molecule has 0 aliphatic rings. The molecule has 0 radical (unpaired) electrons. The Hall–Kier alpha value is -2.85. The highest BCUT2D eigenvalue weighted by molar-refractivity contribution is 7.80. The Balaban J connectivity index is 1.80. The number of nitrogens with one attached hydrogen (secondary N) is 1. The highest BCUT2D eigenvalue weighted by Gasteiger charge is 2.13. The molecule has 0 aliphatic carbocycles. The van der Waals surface area contributed by atoms with E-state index >= 15 is 0 Å². The number of anilines is 1. The van der Waals surface area contributed by atoms with Crippen LogP contribution < -0.4 is 10.1 Å². The molecule has 0 saturated carbocycles. The smallest absolute Gasteiger partial charge is 0.174 e. The molecule has 0 fully saturated rings. The lowest BCUT2D eigenvalue weighted by Gasteiger charge is -2.26. The van der Waals surface area contributed by atoms with Crippen LogP contribution in [-0.4, -0.2) is 17.1 Å². The second kappa shape index (κ2) is 9.02. The second-order valence-corrected chi connectivity index (χ2v) is 6.34. The van der Waals surface area contributed by atoms with Crippen molar-refractivity contribution in [3.8, 4) is 5.75 Å². The van der Waals surface area contributed by atoms with Crippen molar-refractivity contribution in [2.45, 2.75) is 13.1 Å². The van der Waals surface area contributed by atoms with Gasteiger partial charge in [0, 0.05) is 13.1 Å². The number of hydrogen-bond donors (Lipinski definition) is 1. The van der Waals surface area contributed by atoms with Gasteiger partial charge in [0.2, 0.25) is 0 Å². The third kappa shape index (κ3) is 4.83. The average molecular weight is 362 g/mol. The van der Waals surface area contributed by atoms with Crippen LogP contribution in [0, 0.1) is 0 Å². The van der Waals surface area contributed by atoms with Gasteiger partial charge in [-0.1, -0.05) is 72.8 Å². The predicted octanol–water partition coefficient (Wildman–Crippen LogP) is 5.09. The molecular weight excluding hydrogens is 340 g/mol. The lowest BCUT2D eigenvalue weighted by atomic mass is 10.2. The van der Waals surface area contributed by atoms with Crippen molar-refractivity contribution in [1.29, 1.82) is 0 Å². The maximum Gasteiger partial charge on any atom is 0.174 e. The first kappa shape index (κ1) is 18.0. The number of hydrogen-bond acceptors (Lipinski definition) is 2. The SMILES string of the molecule is COc1ccccc1NC(=S)N(Cc1ccccc1)Cc1ccccc1. The average Bonchev–Trinajstić information content (AvgIpc) is 2.69. The summed E-state index contributed by atoms with van der Waals surface area (Å²) in [6, 6.07) is 28.5. The van der Waals surface area contributed by atoms with Crippen LogP contribution in [0.2, 0.25) is 0 Å². The fraction of sp³-hybridized carbons (Fsp3) is 0.136. The van der Waals surface area contributed by atoms with Crippen molar-refractivity contribution >= 4 is 23.0 Å². The van der Waals surface area contributed by atoms with Crippen LogP contribution in [0.1, 0.15) is 11.1 Å². The molecule has 0 unspecified atom stereocenters. The van der Waals surface area contributed by atoms with E-state index < -0.39 is 0 Å². The largest absolute Gasteiger partial charge is 0.495 e. The number of benzene rings is 3. The zero-order valence-corrected chi connectivity index (χ0v) is 15.6. The number of methoxy groups -OCH3 is 1. The summed E-state index contributed by atoms with van der Waals surface area (Å²) in [5, 5.41) is 4.00. The quantitative estimate of drug-likeness (QED) is 0.617. The first-order valence-corrected chi connectivity index (χ1v) is 8.94. The van der Waals surface area contributed by atoms with Crippen molar-refractivity contribution in [3.05, 3.63) is 96.1 Å². The van der Waals surface area contributed by atoms with Gasteiger partial charge in [-0.2, -0.15) is 0 Å². The highest BCUT2D eigenvalue weighted by atomic mass is 32.1. The maximum atomic E-state index is 5.72. The number of ether oxygens (including phenoxy) is 1. The Morgan fingerprint density at radius 1 is 0.808 bits per heavy atom. The topological polar surface area (TPSA) is 24.5 Å². The molecule has 26 heavy (non-hydrogen) atoms. The van der Waals surface area contributed by atoms with E-state index in [4.69, 9.17) is 17.0 Å². The van der Waals surface area contributed by atoms with E-state index in [1.807, 2.05) is 60.7 Å². The molecule has 0 aliphatic heterocycles. The van der Waals surface area contributed by atoms with E-state index in [2.05, 4.69) is 34.5 Å². The summed E-state index contributed by atoms with van der Waals surface area (Å²) in [5.74, 6) is 0.772. The Bertz CT molecular complexity index is 796. The van der Waals surface area contributed by atoms with E-state index in [1.54, 1.807) is 7.11 Å². The van der Waals surface area contributed by atoms with Gasteiger partial charge in [0.05, 0.1) is 12.8 Å². The molecule has 3 aromatic carbocycles. The predicted molar refractivity (Wildman–Crippen MR) is 111 cm³/mol. The number of thiocarbonyl (C=S) groups is 1. The van der Waals surface area contributed by atoms with Gasteiger partial charge in [0.1, 0.15) is 5.75 Å². The van der Waals surface area contributed by atoms with E-state index in [0.29, 0.717) is 5.11 Å². The number of rotatable bonds is 6. The van der Waals surface area contributed by atoms with Gasteiger partial charge >= 0.3 is 0 Å². The molecule has 132 valence electrons. The molecule has 1 N–H and O–H groups in total. The zero-order valence-electron chi connectivity index (χ0n) is 14.8. The van der Waals surface area contributed by atoms with Crippen LogP contribution in [-0.2, 0) is 13.1 Å². The van der Waals surface area contributed by atoms with Gasteiger partial charge in [-0.15, -0.1) is 0 Å². The molecule has 0 heterocycles. The van der Waals surface area contributed by atoms with Crippen LogP contribution in [0.3, 0.4) is 0 Å². The molecule has 0 atom stereocenters. The van der Waals surface area contributed by atoms with Crippen LogP contribution >= 0.6 is 12.2 Å². The molecular formula is C22H22N2OS. The normalized spacial score (nSPS) is 10.2. The standard InChI is InChI=1S/C22H22N2OS/c1-25-21-15-9-8-14-20(21)23-22(26)24(16-18-10-4-2-5-11-18)17-19-12-6-3-7-13-19/h2-15H,16-17H2,1H3,(H,23,26). The number of para-hydroxylation sites is 2. The first-order chi connectivity index (χ1) is 12.8. The number of nitrogens with zero attached hydrogens (tertiary/aromatic N) is 1. The van der Waals surface area contributed by atoms with E-state index in [0.717, 1.165) is 24.5 Å². The van der Waals surface area contributed by atoms with Gasteiger partial charge in [0.25, 0.3) is 0 Å². The summed E-state index contributed by atoms with van der Waals surface area (Å²) in [7, 11) is 1.66. The minimum absolute atomic E-state index is 0.669. The van der Waals surface area contributed by atoms with Crippen LogP contribution in [0.5, 0.6) is 5.75 Å². The van der Waals surface area contributed by atoms with Crippen LogP contribution in [0.15, 0.2) is 84.9 Å². The van der Waals surface area contributed by atoms with Gasteiger partial charge in [-0.25, -0.2) is 0 Å². The molecule has 0 aromatic heterocycles. The van der Waals surface area contributed by atoms with Crippen LogP contribution in [0.25, 0.3) is 0 Å². The third-order valence-electron chi connectivity index (χ3n) is 4.07. The van der Waals surface area contributed by atoms with Crippen molar-refractivity contribution in [1.82, 2.24) is 4.90 Å². The lowest BCUT2D eigenvalue weighted by Crippen LogP contribution is -2.33. The Morgan fingerprint density at radius 2 is 1.31 bits per heavy atom. The van der Waals surface area contributed by atoms with E-state index in [1.165, 1.54) is 11.1 Å². The van der Waals surface area contributed by atoms with E-state index in [-0.39, 0.29) is 0 Å². The molecule has 0 bridgehead atoms. The van der Waals surface area contributed by atoms with E-state index in [9.17, 15) is 0 Å². The molecule has 0 spiro atoms. The maximum absolute atomic E-state index is 5.72. The van der Waals surface area contributed by atoms with Gasteiger partial charge in [-0.3, -0.25) is 0 Å². The second-order valence-electron chi connectivity index (χ2n) is 5.96. The molecule has 4 heteroatoms. The minimum atomic E-state index is 0.669. The van der Waals surface area contributed by atoms with Crippen molar-refractivity contribution in [2.24, 2.45) is 0 Å². The van der Waals surface area contributed by atoms with Crippen LogP contribution in [0.4, 0.5) is 5.69 Å². The summed E-state index contributed by atoms with van der Waals surface area (Å²) >= 11 is 5.72. The molecule has 0 saturated heterocycles. The summed E-state index contributed by atoms with van der Waals surface area (Å²) in [6.07, 6.45) is 0. The van der Waals surface area contributed by atoms with Gasteiger partial charge in [-0.05, 0) is 35.5 Å². The third-order valence-corrected chi connectivity index (χ3v) is 4.43. The summed E-state index contributed by atoms with van der Waals surface area (Å²) in [4.78, 5) is 2.16. The lowest BCUT2D eigenvalue weighted by molar-refractivity contribution is 0.409. The molecule has 3 aromatic rings. The van der Waals surface area contributed by atoms with Crippen molar-refractivity contribution in [2.75, 3.05) is 12.4 Å². The van der Waals surface area contributed by atoms with Gasteiger partial charge < -0.3 is 15.0 Å². The molecule has 3 nitrogen and oxygen atoms in total. The Labute approximate surface area is 160 Å². The van der Waals surface area contributed by atoms with Gasteiger partial charge in [0.15, 0.2) is 5.11 Å². The fourth-order valence-corrected chi connectivity index (χ4v) is 2.99. The summed E-state index contributed by atoms with van der Waals surface area (Å²) in [6.45, 7) is 1.47. The monoisotopic (exact) mass is 362 g/mol. The van der Waals surface area contributed by atoms with Crippen molar-refractivity contribution in [3.63, 3.8) is 0 Å². The Morgan fingerprint density at radius 3 is 1.85 bits per heavy atom. The zero-order chi connectivity index (χ0) is 18.2. The minimum Gasteiger partial charge on any atom is -0.495 e. The Kier molecular flexibility index (Phi) is 6.23.